The van der Waals surface area contributed by atoms with E-state index in [9.17, 15) is 4.79 Å². The highest BCUT2D eigenvalue weighted by Crippen LogP contribution is 2.34. The van der Waals surface area contributed by atoms with Crippen molar-refractivity contribution < 1.29 is 9.53 Å². The van der Waals surface area contributed by atoms with Gasteiger partial charge in [0.15, 0.2) is 0 Å². The van der Waals surface area contributed by atoms with Crippen LogP contribution in [0.4, 0.5) is 0 Å². The van der Waals surface area contributed by atoms with Gasteiger partial charge in [-0.2, -0.15) is 0 Å². The Morgan fingerprint density at radius 3 is 2.71 bits per heavy atom. The van der Waals surface area contributed by atoms with E-state index in [4.69, 9.17) is 4.74 Å². The molecule has 1 aliphatic carbocycles. The molecule has 0 radical (unpaired) electrons. The summed E-state index contributed by atoms with van der Waals surface area (Å²) in [6.07, 6.45) is 5.51. The molecular weight excluding hydrogens is 266 g/mol. The predicted molar refractivity (Wildman–Crippen MR) is 82.2 cm³/mol. The van der Waals surface area contributed by atoms with E-state index in [0.29, 0.717) is 18.7 Å². The first-order chi connectivity index (χ1) is 10.1. The normalized spacial score (nSPS) is 33.0. The van der Waals surface area contributed by atoms with Crippen LogP contribution in [0.25, 0.3) is 0 Å². The van der Waals surface area contributed by atoms with Crippen LogP contribution in [0.3, 0.4) is 0 Å². The number of likely N-dealkylation sites (tertiary alicyclic amines) is 1. The van der Waals surface area contributed by atoms with Gasteiger partial charge in [-0.1, -0.05) is 0 Å². The zero-order valence-corrected chi connectivity index (χ0v) is 13.4. The quantitative estimate of drug-likeness (QED) is 0.786. The highest BCUT2D eigenvalue weighted by molar-refractivity contribution is 5.83. The van der Waals surface area contributed by atoms with Gasteiger partial charge >= 0.3 is 0 Å². The van der Waals surface area contributed by atoms with Gasteiger partial charge in [0.2, 0.25) is 5.91 Å². The lowest BCUT2D eigenvalue weighted by molar-refractivity contribution is -0.136. The van der Waals surface area contributed by atoms with Crippen LogP contribution in [0, 0.1) is 5.41 Å². The molecule has 1 saturated carbocycles. The van der Waals surface area contributed by atoms with E-state index in [1.165, 1.54) is 12.8 Å². The Bertz CT molecular complexity index is 372. The minimum absolute atomic E-state index is 0.209. The van der Waals surface area contributed by atoms with Gasteiger partial charge in [0.05, 0.1) is 12.0 Å². The van der Waals surface area contributed by atoms with E-state index in [1.54, 1.807) is 7.11 Å². The smallest absolute Gasteiger partial charge is 0.228 e. The minimum atomic E-state index is -0.323. The summed E-state index contributed by atoms with van der Waals surface area (Å²) >= 11 is 0. The van der Waals surface area contributed by atoms with E-state index in [-0.39, 0.29) is 11.3 Å². The lowest BCUT2D eigenvalue weighted by Gasteiger charge is -2.36. The van der Waals surface area contributed by atoms with Crippen molar-refractivity contribution in [3.05, 3.63) is 0 Å². The molecule has 5 nitrogen and oxygen atoms in total. The molecule has 2 saturated heterocycles. The minimum Gasteiger partial charge on any atom is -0.384 e. The van der Waals surface area contributed by atoms with Crippen LogP contribution < -0.4 is 10.6 Å². The standard InChI is InChI=1S/C16H29N3O2/c1-12-9-13(10-19(12)14-3-4-14)18-15(20)16(11-21-2)5-7-17-8-6-16/h12-14,17H,3-11H2,1-2H3,(H,18,20). The van der Waals surface area contributed by atoms with Crippen molar-refractivity contribution >= 4 is 5.91 Å². The molecule has 2 atom stereocenters. The van der Waals surface area contributed by atoms with E-state index in [1.807, 2.05) is 0 Å². The van der Waals surface area contributed by atoms with Gasteiger partial charge in [0, 0.05) is 31.8 Å². The second-order valence-electron chi connectivity index (χ2n) is 7.15. The maximum atomic E-state index is 12.8. The van der Waals surface area contributed by atoms with Crippen molar-refractivity contribution in [3.63, 3.8) is 0 Å². The van der Waals surface area contributed by atoms with E-state index in [2.05, 4.69) is 22.5 Å². The number of carbonyl (C=O) groups is 1. The third-order valence-corrected chi connectivity index (χ3v) is 5.44. The predicted octanol–water partition coefficient (Wildman–Crippen LogP) is 0.744. The van der Waals surface area contributed by atoms with Crippen LogP contribution in [0.1, 0.15) is 39.0 Å². The molecule has 2 aliphatic heterocycles. The maximum Gasteiger partial charge on any atom is 0.228 e. The second-order valence-corrected chi connectivity index (χ2v) is 7.15. The summed E-state index contributed by atoms with van der Waals surface area (Å²) in [7, 11) is 1.70. The Morgan fingerprint density at radius 1 is 1.38 bits per heavy atom. The Kier molecular flexibility index (Phi) is 4.52. The SMILES string of the molecule is COCC1(C(=O)NC2CC(C)N(C3CC3)C2)CCNCC1. The van der Waals surface area contributed by atoms with Crippen molar-refractivity contribution in [1.29, 1.82) is 0 Å². The number of nitrogens with one attached hydrogen (secondary N) is 2. The third kappa shape index (κ3) is 3.25. The molecule has 0 bridgehead atoms. The summed E-state index contributed by atoms with van der Waals surface area (Å²) < 4.78 is 5.36. The van der Waals surface area contributed by atoms with E-state index in [0.717, 1.165) is 44.9 Å². The largest absolute Gasteiger partial charge is 0.384 e. The molecule has 3 aliphatic rings. The molecule has 3 rings (SSSR count). The summed E-state index contributed by atoms with van der Waals surface area (Å²) in [4.78, 5) is 15.4. The van der Waals surface area contributed by atoms with Gasteiger partial charge in [-0.25, -0.2) is 0 Å². The van der Waals surface area contributed by atoms with Gasteiger partial charge in [0.25, 0.3) is 0 Å². The Labute approximate surface area is 127 Å². The second kappa shape index (κ2) is 6.23. The van der Waals surface area contributed by atoms with Crippen LogP contribution in [-0.2, 0) is 9.53 Å². The zero-order valence-electron chi connectivity index (χ0n) is 13.4. The van der Waals surface area contributed by atoms with Crippen LogP contribution in [-0.4, -0.2) is 62.3 Å². The number of piperidine rings is 1. The Morgan fingerprint density at radius 2 is 2.10 bits per heavy atom. The number of methoxy groups -OCH3 is 1. The highest BCUT2D eigenvalue weighted by atomic mass is 16.5. The van der Waals surface area contributed by atoms with E-state index >= 15 is 0 Å². The van der Waals surface area contributed by atoms with Crippen molar-refractivity contribution in [2.45, 2.75) is 57.2 Å². The molecule has 3 fully saturated rings. The lowest BCUT2D eigenvalue weighted by Crippen LogP contribution is -2.52. The number of carbonyl (C=O) groups excluding carboxylic acids is 1. The molecule has 2 unspecified atom stereocenters. The fourth-order valence-corrected chi connectivity index (χ4v) is 4.03. The number of hydrogen-bond acceptors (Lipinski definition) is 4. The van der Waals surface area contributed by atoms with Crippen molar-refractivity contribution in [3.8, 4) is 0 Å². The van der Waals surface area contributed by atoms with Gasteiger partial charge < -0.3 is 15.4 Å². The monoisotopic (exact) mass is 295 g/mol. The molecule has 2 N–H and O–H groups in total. The molecule has 120 valence electrons. The summed E-state index contributed by atoms with van der Waals surface area (Å²) in [5.74, 6) is 0.209. The van der Waals surface area contributed by atoms with E-state index < -0.39 is 0 Å². The fraction of sp³-hybridized carbons (Fsp3) is 0.938. The maximum absolute atomic E-state index is 12.8. The van der Waals surface area contributed by atoms with Crippen molar-refractivity contribution in [2.75, 3.05) is 33.4 Å². The first-order valence-corrected chi connectivity index (χ1v) is 8.41. The van der Waals surface area contributed by atoms with Gasteiger partial charge in [-0.3, -0.25) is 9.69 Å². The molecule has 2 heterocycles. The molecule has 0 aromatic heterocycles. The first-order valence-electron chi connectivity index (χ1n) is 8.41. The molecule has 1 amide bonds. The summed E-state index contributed by atoms with van der Waals surface area (Å²) in [5.41, 5.74) is -0.323. The van der Waals surface area contributed by atoms with Gasteiger partial charge in [-0.15, -0.1) is 0 Å². The van der Waals surface area contributed by atoms with Crippen LogP contribution in [0.15, 0.2) is 0 Å². The zero-order chi connectivity index (χ0) is 14.9. The van der Waals surface area contributed by atoms with Crippen LogP contribution in [0.5, 0.6) is 0 Å². The molecule has 0 aromatic rings. The van der Waals surface area contributed by atoms with Crippen molar-refractivity contribution in [1.82, 2.24) is 15.5 Å². The number of rotatable bonds is 5. The number of amides is 1. The van der Waals surface area contributed by atoms with Gasteiger partial charge in [-0.05, 0) is 52.1 Å². The Balaban J connectivity index is 1.59. The summed E-state index contributed by atoms with van der Waals surface area (Å²) in [5, 5.41) is 6.67. The number of hydrogen-bond donors (Lipinski definition) is 2. The fourth-order valence-electron chi connectivity index (χ4n) is 4.03. The average molecular weight is 295 g/mol. The van der Waals surface area contributed by atoms with Crippen molar-refractivity contribution in [2.24, 2.45) is 5.41 Å². The summed E-state index contributed by atoms with van der Waals surface area (Å²) in [6, 6.07) is 1.71. The number of ether oxygens (including phenoxy) is 1. The van der Waals surface area contributed by atoms with Crippen LogP contribution >= 0.6 is 0 Å². The number of nitrogens with zero attached hydrogens (tertiary/aromatic N) is 1. The molecular formula is C16H29N3O2. The molecule has 0 aromatic carbocycles. The molecule has 21 heavy (non-hydrogen) atoms. The average Bonchev–Trinajstić information content (AvgIpc) is 3.24. The van der Waals surface area contributed by atoms with Crippen LogP contribution in [0.2, 0.25) is 0 Å². The van der Waals surface area contributed by atoms with Gasteiger partial charge in [0.1, 0.15) is 0 Å². The first kappa shape index (κ1) is 15.3. The molecule has 0 spiro atoms. The third-order valence-electron chi connectivity index (χ3n) is 5.44. The Hall–Kier alpha value is -0.650. The summed E-state index contributed by atoms with van der Waals surface area (Å²) in [6.45, 7) is 5.67. The molecule has 5 heteroatoms. The highest BCUT2D eigenvalue weighted by Gasteiger charge is 2.43. The lowest BCUT2D eigenvalue weighted by atomic mass is 9.78. The topological polar surface area (TPSA) is 53.6 Å².